The molecule has 31 heavy (non-hydrogen) atoms. The quantitative estimate of drug-likeness (QED) is 0.572. The number of fused-ring (bicyclic) bond motifs is 3. The molecular weight excluding hydrogens is 420 g/mol. The molecule has 0 fully saturated rings. The number of hydrogen-bond donors (Lipinski definition) is 2. The van der Waals surface area contributed by atoms with E-state index >= 15 is 0 Å². The van der Waals surface area contributed by atoms with E-state index in [0.29, 0.717) is 23.8 Å². The number of benzene rings is 1. The van der Waals surface area contributed by atoms with E-state index in [1.165, 1.54) is 0 Å². The van der Waals surface area contributed by atoms with Crippen molar-refractivity contribution in [1.82, 2.24) is 14.5 Å². The van der Waals surface area contributed by atoms with E-state index in [1.54, 1.807) is 13.2 Å². The van der Waals surface area contributed by atoms with Crippen molar-refractivity contribution in [3.05, 3.63) is 34.5 Å². The van der Waals surface area contributed by atoms with E-state index in [-0.39, 0.29) is 23.1 Å². The minimum atomic E-state index is -0.880. The lowest BCUT2D eigenvalue weighted by Gasteiger charge is -2.30. The van der Waals surface area contributed by atoms with E-state index < -0.39 is 5.97 Å². The largest absolute Gasteiger partial charge is 0.506 e. The maximum atomic E-state index is 11.4. The van der Waals surface area contributed by atoms with Crippen molar-refractivity contribution in [2.45, 2.75) is 45.6 Å². The highest BCUT2D eigenvalue weighted by molar-refractivity contribution is 6.36. The third-order valence-electron chi connectivity index (χ3n) is 5.84. The number of aromatic nitrogens is 3. The smallest absolute Gasteiger partial charge is 0.303 e. The highest BCUT2D eigenvalue weighted by atomic mass is 35.5. The van der Waals surface area contributed by atoms with Crippen molar-refractivity contribution in [2.24, 2.45) is 0 Å². The molecule has 1 unspecified atom stereocenters. The molecule has 0 saturated heterocycles. The Bertz CT molecular complexity index is 1160. The van der Waals surface area contributed by atoms with E-state index in [1.807, 2.05) is 26.0 Å². The molecule has 1 atom stereocenters. The third kappa shape index (κ3) is 3.65. The minimum absolute atomic E-state index is 0.0294. The standard InChI is InChI=1S/C22H25ClN4O4/c1-4-13(10-18(29)30)14-11-16(28)19(23)20-21(14)27-9-5-8-26(22(27)25-20)15-6-7-17(31-3)24-12(15)2/h6-7,11,13,28H,4-5,8-10H2,1-3H3,(H,29,30). The third-order valence-corrected chi connectivity index (χ3v) is 6.21. The van der Waals surface area contributed by atoms with Gasteiger partial charge in [-0.1, -0.05) is 18.5 Å². The van der Waals surface area contributed by atoms with Crippen molar-refractivity contribution >= 4 is 40.2 Å². The molecule has 8 nitrogen and oxygen atoms in total. The summed E-state index contributed by atoms with van der Waals surface area (Å²) >= 11 is 6.45. The summed E-state index contributed by atoms with van der Waals surface area (Å²) in [5.74, 6) is 0.0205. The van der Waals surface area contributed by atoms with E-state index in [4.69, 9.17) is 21.3 Å². The van der Waals surface area contributed by atoms with Crippen LogP contribution in [0.15, 0.2) is 18.2 Å². The van der Waals surface area contributed by atoms with E-state index in [2.05, 4.69) is 14.5 Å². The van der Waals surface area contributed by atoms with Gasteiger partial charge in [-0.05, 0) is 43.4 Å². The van der Waals surface area contributed by atoms with Gasteiger partial charge in [0.2, 0.25) is 11.8 Å². The van der Waals surface area contributed by atoms with Gasteiger partial charge in [0.1, 0.15) is 16.3 Å². The molecule has 4 rings (SSSR count). The second-order valence-corrected chi connectivity index (χ2v) is 8.10. The first-order chi connectivity index (χ1) is 14.8. The Balaban J connectivity index is 1.93. The molecule has 3 heterocycles. The number of hydrogen-bond acceptors (Lipinski definition) is 6. The maximum Gasteiger partial charge on any atom is 0.303 e. The minimum Gasteiger partial charge on any atom is -0.506 e. The van der Waals surface area contributed by atoms with Crippen LogP contribution in [-0.2, 0) is 11.3 Å². The predicted molar refractivity (Wildman–Crippen MR) is 119 cm³/mol. The monoisotopic (exact) mass is 444 g/mol. The number of aliphatic carboxylic acids is 1. The Morgan fingerprint density at radius 2 is 2.10 bits per heavy atom. The Hall–Kier alpha value is -3.00. The molecule has 0 saturated carbocycles. The average molecular weight is 445 g/mol. The van der Waals surface area contributed by atoms with E-state index in [9.17, 15) is 15.0 Å². The van der Waals surface area contributed by atoms with Crippen LogP contribution in [0.4, 0.5) is 11.6 Å². The fraction of sp³-hybridized carbons (Fsp3) is 0.409. The molecule has 1 aromatic carbocycles. The number of carboxylic acid groups (broad SMARTS) is 1. The molecule has 0 aliphatic carbocycles. The van der Waals surface area contributed by atoms with Gasteiger partial charge < -0.3 is 24.4 Å². The molecule has 0 radical (unpaired) electrons. The number of aromatic hydroxyl groups is 1. The molecular formula is C22H25ClN4O4. The first kappa shape index (κ1) is 21.2. The summed E-state index contributed by atoms with van der Waals surface area (Å²) < 4.78 is 7.30. The highest BCUT2D eigenvalue weighted by Crippen LogP contribution is 2.43. The summed E-state index contributed by atoms with van der Waals surface area (Å²) in [6.07, 6.45) is 1.46. The number of halogens is 1. The zero-order valence-corrected chi connectivity index (χ0v) is 18.5. The maximum absolute atomic E-state index is 11.4. The molecule has 1 aliphatic rings. The number of carboxylic acids is 1. The number of anilines is 2. The second-order valence-electron chi connectivity index (χ2n) is 7.73. The number of ether oxygens (including phenoxy) is 1. The van der Waals surface area contributed by atoms with Crippen molar-refractivity contribution < 1.29 is 19.7 Å². The van der Waals surface area contributed by atoms with Gasteiger partial charge in [-0.15, -0.1) is 0 Å². The van der Waals surface area contributed by atoms with Gasteiger partial charge in [-0.2, -0.15) is 0 Å². The number of phenols is 1. The lowest BCUT2D eigenvalue weighted by Crippen LogP contribution is -2.29. The number of imidazole rings is 1. The summed E-state index contributed by atoms with van der Waals surface area (Å²) in [7, 11) is 1.58. The van der Waals surface area contributed by atoms with Crippen molar-refractivity contribution in [1.29, 1.82) is 0 Å². The van der Waals surface area contributed by atoms with Crippen LogP contribution >= 0.6 is 11.6 Å². The van der Waals surface area contributed by atoms with Gasteiger partial charge in [0.15, 0.2) is 0 Å². The van der Waals surface area contributed by atoms with Gasteiger partial charge in [-0.25, -0.2) is 9.97 Å². The van der Waals surface area contributed by atoms with Crippen molar-refractivity contribution in [2.75, 3.05) is 18.6 Å². The van der Waals surface area contributed by atoms with Crippen LogP contribution in [0.25, 0.3) is 11.0 Å². The molecule has 2 aromatic heterocycles. The van der Waals surface area contributed by atoms with Crippen LogP contribution in [0.3, 0.4) is 0 Å². The molecule has 2 N–H and O–H groups in total. The molecule has 0 bridgehead atoms. The molecule has 164 valence electrons. The van der Waals surface area contributed by atoms with Crippen molar-refractivity contribution in [3.8, 4) is 11.6 Å². The zero-order valence-electron chi connectivity index (χ0n) is 17.7. The number of carbonyl (C=O) groups is 1. The molecule has 0 spiro atoms. The topological polar surface area (TPSA) is 101 Å². The number of aryl methyl sites for hydroxylation is 2. The summed E-state index contributed by atoms with van der Waals surface area (Å²) in [5, 5.41) is 20.0. The first-order valence-corrected chi connectivity index (χ1v) is 10.7. The van der Waals surface area contributed by atoms with Crippen molar-refractivity contribution in [3.63, 3.8) is 0 Å². The van der Waals surface area contributed by atoms with Crippen LogP contribution in [0.1, 0.15) is 43.4 Å². The number of pyridine rings is 1. The Kier molecular flexibility index (Phi) is 5.66. The lowest BCUT2D eigenvalue weighted by molar-refractivity contribution is -0.137. The zero-order chi connectivity index (χ0) is 22.3. The van der Waals surface area contributed by atoms with Crippen LogP contribution in [0.5, 0.6) is 11.6 Å². The Labute approximate surface area is 185 Å². The predicted octanol–water partition coefficient (Wildman–Crippen LogP) is 4.62. The summed E-state index contributed by atoms with van der Waals surface area (Å²) in [5.41, 5.74) is 3.76. The second kappa shape index (κ2) is 8.26. The van der Waals surface area contributed by atoms with Gasteiger partial charge in [0.25, 0.3) is 0 Å². The van der Waals surface area contributed by atoms with Crippen LogP contribution in [0.2, 0.25) is 5.02 Å². The van der Waals surface area contributed by atoms with Crippen LogP contribution in [0, 0.1) is 6.92 Å². The summed E-state index contributed by atoms with van der Waals surface area (Å²) in [4.78, 5) is 22.8. The molecule has 1 aliphatic heterocycles. The van der Waals surface area contributed by atoms with Crippen LogP contribution < -0.4 is 9.64 Å². The first-order valence-electron chi connectivity index (χ1n) is 10.3. The summed E-state index contributed by atoms with van der Waals surface area (Å²) in [6.45, 7) is 5.34. The molecule has 3 aromatic rings. The number of methoxy groups -OCH3 is 1. The SMILES string of the molecule is CCC(CC(=O)O)c1cc(O)c(Cl)c2nc3n(c12)CCCN3c1ccc(OC)nc1C. The van der Waals surface area contributed by atoms with Gasteiger partial charge in [0.05, 0.1) is 30.4 Å². The normalized spacial score (nSPS) is 14.5. The van der Waals surface area contributed by atoms with Gasteiger partial charge >= 0.3 is 5.97 Å². The lowest BCUT2D eigenvalue weighted by atomic mass is 9.91. The van der Waals surface area contributed by atoms with Gasteiger partial charge in [-0.3, -0.25) is 4.79 Å². The average Bonchev–Trinajstić information content (AvgIpc) is 3.14. The fourth-order valence-electron chi connectivity index (χ4n) is 4.35. The number of rotatable bonds is 6. The molecule has 9 heteroatoms. The fourth-order valence-corrected chi connectivity index (χ4v) is 4.53. The Morgan fingerprint density at radius 1 is 1.32 bits per heavy atom. The van der Waals surface area contributed by atoms with Gasteiger partial charge in [0, 0.05) is 19.2 Å². The molecule has 0 amide bonds. The Morgan fingerprint density at radius 3 is 2.74 bits per heavy atom. The van der Waals surface area contributed by atoms with E-state index in [0.717, 1.165) is 42.0 Å². The number of nitrogens with zero attached hydrogens (tertiary/aromatic N) is 4. The highest BCUT2D eigenvalue weighted by Gasteiger charge is 2.29. The summed E-state index contributed by atoms with van der Waals surface area (Å²) in [6, 6.07) is 5.36. The van der Waals surface area contributed by atoms with Crippen LogP contribution in [-0.4, -0.2) is 44.4 Å². The number of phenolic OH excluding ortho intramolecular Hbond substituents is 1.